The Balaban J connectivity index is 1.29. The lowest BCUT2D eigenvalue weighted by molar-refractivity contribution is 0.0721. The summed E-state index contributed by atoms with van der Waals surface area (Å²) < 4.78 is 0. The van der Waals surface area contributed by atoms with Crippen LogP contribution in [0, 0.1) is 0 Å². The molecule has 0 atom stereocenters. The molecule has 0 bridgehead atoms. The van der Waals surface area contributed by atoms with Crippen molar-refractivity contribution in [3.05, 3.63) is 71.8 Å². The molecule has 8 heteroatoms. The lowest BCUT2D eigenvalue weighted by atomic mass is 9.89. The zero-order valence-electron chi connectivity index (χ0n) is 21.7. The molecule has 0 spiro atoms. The number of aromatic nitrogens is 4. The van der Waals surface area contributed by atoms with E-state index in [0.717, 1.165) is 24.2 Å². The maximum Gasteiger partial charge on any atom is 0.254 e. The van der Waals surface area contributed by atoms with Gasteiger partial charge in [-0.25, -0.2) is 9.97 Å². The van der Waals surface area contributed by atoms with E-state index in [1.54, 1.807) is 29.7 Å². The highest BCUT2D eigenvalue weighted by Crippen LogP contribution is 2.24. The molecular weight excluding hydrogens is 450 g/mol. The number of rotatable bonds is 13. The van der Waals surface area contributed by atoms with Crippen LogP contribution < -0.4 is 5.32 Å². The number of carbonyl (C=O) groups excluding carboxylic acids is 1. The molecule has 3 N–H and O–H groups in total. The first-order valence-electron chi connectivity index (χ1n) is 13.5. The van der Waals surface area contributed by atoms with Crippen LogP contribution in [-0.4, -0.2) is 60.8 Å². The lowest BCUT2D eigenvalue weighted by Gasteiger charge is -2.37. The summed E-state index contributed by atoms with van der Waals surface area (Å²) in [6.45, 7) is 8.64. The smallest absolute Gasteiger partial charge is 0.254 e. The van der Waals surface area contributed by atoms with Gasteiger partial charge in [-0.2, -0.15) is 0 Å². The number of nitrogens with zero attached hydrogens (tertiary/aromatic N) is 4. The molecule has 1 amide bonds. The summed E-state index contributed by atoms with van der Waals surface area (Å²) in [5.74, 6) is 1.46. The van der Waals surface area contributed by atoms with Crippen molar-refractivity contribution in [2.24, 2.45) is 0 Å². The minimum atomic E-state index is -0.0376. The molecule has 0 unspecified atom stereocenters. The normalized spacial score (nSPS) is 18.0. The predicted molar refractivity (Wildman–Crippen MR) is 142 cm³/mol. The molecular formula is C28H41N7O. The maximum absolute atomic E-state index is 13.3. The number of hydrogen-bond donors (Lipinski definition) is 3. The Morgan fingerprint density at radius 2 is 1.50 bits per heavy atom. The molecule has 4 rings (SSSR count). The third kappa shape index (κ3) is 7.27. The van der Waals surface area contributed by atoms with Crippen molar-refractivity contribution in [3.63, 3.8) is 0 Å². The topological polar surface area (TPSA) is 92.9 Å². The zero-order chi connectivity index (χ0) is 25.2. The van der Waals surface area contributed by atoms with E-state index in [1.807, 2.05) is 12.1 Å². The summed E-state index contributed by atoms with van der Waals surface area (Å²) in [6, 6.07) is 9.31. The van der Waals surface area contributed by atoms with Gasteiger partial charge in [0.2, 0.25) is 0 Å². The summed E-state index contributed by atoms with van der Waals surface area (Å²) in [7, 11) is 0. The fourth-order valence-corrected chi connectivity index (χ4v) is 5.24. The van der Waals surface area contributed by atoms with Gasteiger partial charge >= 0.3 is 0 Å². The van der Waals surface area contributed by atoms with Gasteiger partial charge in [-0.1, -0.05) is 26.0 Å². The molecule has 1 aliphatic rings. The molecule has 0 radical (unpaired) electrons. The van der Waals surface area contributed by atoms with Crippen LogP contribution in [-0.2, 0) is 19.6 Å². The maximum atomic E-state index is 13.3. The number of H-pyrrole nitrogens is 2. The van der Waals surface area contributed by atoms with Crippen molar-refractivity contribution >= 4 is 5.91 Å². The van der Waals surface area contributed by atoms with Crippen molar-refractivity contribution in [3.8, 4) is 0 Å². The number of aromatic amines is 2. The van der Waals surface area contributed by atoms with Crippen LogP contribution in [0.15, 0.2) is 49.1 Å². The Hall–Kier alpha value is -2.97. The van der Waals surface area contributed by atoms with Gasteiger partial charge in [-0.3, -0.25) is 4.79 Å². The van der Waals surface area contributed by atoms with Crippen LogP contribution in [0.5, 0.6) is 0 Å². The molecule has 0 aliphatic heterocycles. The van der Waals surface area contributed by atoms with Crippen molar-refractivity contribution in [1.82, 2.24) is 35.1 Å². The van der Waals surface area contributed by atoms with Crippen LogP contribution in [0.3, 0.4) is 0 Å². The Morgan fingerprint density at radius 1 is 0.917 bits per heavy atom. The third-order valence-corrected chi connectivity index (χ3v) is 7.11. The largest absolute Gasteiger partial charge is 0.347 e. The fourth-order valence-electron chi connectivity index (χ4n) is 5.24. The van der Waals surface area contributed by atoms with E-state index < -0.39 is 0 Å². The first-order valence-corrected chi connectivity index (χ1v) is 13.5. The highest BCUT2D eigenvalue weighted by atomic mass is 16.2. The average Bonchev–Trinajstić information content (AvgIpc) is 3.62. The number of carbonyl (C=O) groups is 1. The molecule has 36 heavy (non-hydrogen) atoms. The standard InChI is InChI=1S/C28H41N7O/c1-3-17-34(18-4-2)25-11-9-24(10-12-25)33-19-22-5-7-23(8-6-22)28(36)35(20-26-29-13-14-30-26)21-27-31-15-16-32-27/h5-8,13-16,24-25,33H,3-4,9-12,17-21H2,1-2H3,(H,29,30)(H,31,32). The van der Waals surface area contributed by atoms with Crippen molar-refractivity contribution < 1.29 is 4.79 Å². The fraction of sp³-hybridized carbons (Fsp3) is 0.536. The minimum absolute atomic E-state index is 0.0376. The van der Waals surface area contributed by atoms with E-state index in [-0.39, 0.29) is 5.91 Å². The summed E-state index contributed by atoms with van der Waals surface area (Å²) in [6.07, 6.45) is 14.5. The van der Waals surface area contributed by atoms with E-state index in [2.05, 4.69) is 56.1 Å². The first kappa shape index (κ1) is 26.1. The Kier molecular flexibility index (Phi) is 9.69. The highest BCUT2D eigenvalue weighted by molar-refractivity contribution is 5.94. The second kappa shape index (κ2) is 13.4. The molecule has 2 heterocycles. The summed E-state index contributed by atoms with van der Waals surface area (Å²) in [4.78, 5) is 32.5. The molecule has 1 aromatic carbocycles. The van der Waals surface area contributed by atoms with Crippen LogP contribution in [0.4, 0.5) is 0 Å². The van der Waals surface area contributed by atoms with Crippen molar-refractivity contribution in [2.45, 2.75) is 84.1 Å². The molecule has 2 aromatic heterocycles. The molecule has 0 saturated heterocycles. The summed E-state index contributed by atoms with van der Waals surface area (Å²) in [5, 5.41) is 3.75. The number of hydrogen-bond acceptors (Lipinski definition) is 5. The van der Waals surface area contributed by atoms with Gasteiger partial charge in [-0.05, 0) is 69.3 Å². The van der Waals surface area contributed by atoms with Gasteiger partial charge < -0.3 is 25.1 Å². The van der Waals surface area contributed by atoms with Crippen LogP contribution in [0.1, 0.15) is 79.9 Å². The number of nitrogens with one attached hydrogen (secondary N) is 3. The Bertz CT molecular complexity index is 967. The van der Waals surface area contributed by atoms with Gasteiger partial charge in [0.15, 0.2) is 0 Å². The van der Waals surface area contributed by atoms with Gasteiger partial charge in [0.05, 0.1) is 13.1 Å². The zero-order valence-corrected chi connectivity index (χ0v) is 21.7. The quantitative estimate of drug-likeness (QED) is 0.327. The second-order valence-electron chi connectivity index (χ2n) is 9.85. The van der Waals surface area contributed by atoms with E-state index in [1.165, 1.54) is 57.2 Å². The van der Waals surface area contributed by atoms with Gasteiger partial charge in [-0.15, -0.1) is 0 Å². The van der Waals surface area contributed by atoms with E-state index >= 15 is 0 Å². The van der Waals surface area contributed by atoms with Crippen LogP contribution in [0.2, 0.25) is 0 Å². The molecule has 3 aromatic rings. The molecule has 1 saturated carbocycles. The summed E-state index contributed by atoms with van der Waals surface area (Å²) >= 11 is 0. The van der Waals surface area contributed by atoms with Gasteiger partial charge in [0, 0.05) is 49.0 Å². The first-order chi connectivity index (χ1) is 17.7. The van der Waals surface area contributed by atoms with E-state index in [0.29, 0.717) is 24.7 Å². The highest BCUT2D eigenvalue weighted by Gasteiger charge is 2.25. The van der Waals surface area contributed by atoms with Gasteiger partial charge in [0.25, 0.3) is 5.91 Å². The van der Waals surface area contributed by atoms with Crippen LogP contribution >= 0.6 is 0 Å². The minimum Gasteiger partial charge on any atom is -0.347 e. The van der Waals surface area contributed by atoms with Crippen molar-refractivity contribution in [1.29, 1.82) is 0 Å². The number of benzene rings is 1. The Labute approximate surface area is 214 Å². The molecule has 1 fully saturated rings. The molecule has 194 valence electrons. The summed E-state index contributed by atoms with van der Waals surface area (Å²) in [5.41, 5.74) is 1.88. The van der Waals surface area contributed by atoms with Gasteiger partial charge in [0.1, 0.15) is 11.6 Å². The lowest BCUT2D eigenvalue weighted by Crippen LogP contribution is -2.43. The number of imidazole rings is 2. The van der Waals surface area contributed by atoms with Crippen LogP contribution in [0.25, 0.3) is 0 Å². The molecule has 1 aliphatic carbocycles. The Morgan fingerprint density at radius 3 is 2.00 bits per heavy atom. The third-order valence-electron chi connectivity index (χ3n) is 7.11. The molecule has 8 nitrogen and oxygen atoms in total. The number of amides is 1. The monoisotopic (exact) mass is 491 g/mol. The predicted octanol–water partition coefficient (Wildman–Crippen LogP) is 4.50. The van der Waals surface area contributed by atoms with E-state index in [9.17, 15) is 4.79 Å². The average molecular weight is 492 g/mol. The van der Waals surface area contributed by atoms with E-state index in [4.69, 9.17) is 0 Å². The SMILES string of the molecule is CCCN(CCC)C1CCC(NCc2ccc(C(=O)N(Cc3ncc[nH]3)Cc3ncc[nH]3)cc2)CC1. The second-order valence-corrected chi connectivity index (χ2v) is 9.85. The van der Waals surface area contributed by atoms with Crippen molar-refractivity contribution in [2.75, 3.05) is 13.1 Å².